The van der Waals surface area contributed by atoms with Crippen LogP contribution in [0.5, 0.6) is 0 Å². The summed E-state index contributed by atoms with van der Waals surface area (Å²) in [5, 5.41) is 0. The maximum absolute atomic E-state index is 12.3. The topological polar surface area (TPSA) is 37.8 Å². The van der Waals surface area contributed by atoms with Gasteiger partial charge in [0.25, 0.3) is 0 Å². The van der Waals surface area contributed by atoms with Crippen LogP contribution in [0.3, 0.4) is 0 Å². The lowest BCUT2D eigenvalue weighted by Crippen LogP contribution is -2.26. The Hall–Kier alpha value is -1.03. The lowest BCUT2D eigenvalue weighted by atomic mass is 9.87. The third-order valence-electron chi connectivity index (χ3n) is 4.20. The first-order valence-corrected chi connectivity index (χ1v) is 7.76. The van der Waals surface area contributed by atoms with Crippen LogP contribution in [0.25, 0.3) is 11.0 Å². The smallest absolute Gasteiger partial charge is 0.305 e. The number of benzene rings is 1. The number of fused-ring (bicyclic) bond motifs is 1. The van der Waals surface area contributed by atoms with Crippen molar-refractivity contribution in [2.75, 3.05) is 0 Å². The van der Waals surface area contributed by atoms with Crippen molar-refractivity contribution in [1.29, 1.82) is 0 Å². The molecule has 0 aliphatic heterocycles. The molecule has 102 valence electrons. The average molecular weight is 323 g/mol. The van der Waals surface area contributed by atoms with Gasteiger partial charge in [-0.25, -0.2) is 4.79 Å². The summed E-state index contributed by atoms with van der Waals surface area (Å²) in [5.41, 5.74) is 3.17. The molecule has 1 saturated carbocycles. The number of H-pyrrole nitrogens is 1. The highest BCUT2D eigenvalue weighted by Crippen LogP contribution is 2.34. The molecule has 2 aromatic rings. The van der Waals surface area contributed by atoms with Gasteiger partial charge in [-0.2, -0.15) is 0 Å². The van der Waals surface area contributed by atoms with E-state index in [1.165, 1.54) is 18.4 Å². The fourth-order valence-corrected chi connectivity index (χ4v) is 3.98. The molecule has 1 aromatic carbocycles. The third-order valence-corrected chi connectivity index (χ3v) is 4.82. The summed E-state index contributed by atoms with van der Waals surface area (Å²) in [5.74, 6) is 0.712. The Bertz CT molecular complexity index is 671. The highest BCUT2D eigenvalue weighted by atomic mass is 79.9. The van der Waals surface area contributed by atoms with Crippen LogP contribution in [0, 0.1) is 12.8 Å². The molecule has 4 heteroatoms. The number of hydrogen-bond donors (Lipinski definition) is 1. The van der Waals surface area contributed by atoms with E-state index in [1.807, 2.05) is 10.6 Å². The molecular weight excluding hydrogens is 304 g/mol. The van der Waals surface area contributed by atoms with Crippen LogP contribution in [-0.2, 0) is 0 Å². The third kappa shape index (κ3) is 2.27. The van der Waals surface area contributed by atoms with Crippen molar-refractivity contribution >= 4 is 27.0 Å². The molecule has 0 amide bonds. The summed E-state index contributed by atoms with van der Waals surface area (Å²) in [7, 11) is 0. The second kappa shape index (κ2) is 4.82. The van der Waals surface area contributed by atoms with Crippen molar-refractivity contribution in [3.8, 4) is 0 Å². The summed E-state index contributed by atoms with van der Waals surface area (Å²) in [6.07, 6.45) is 4.73. The second-order valence-corrected chi connectivity index (χ2v) is 6.72. The van der Waals surface area contributed by atoms with Crippen molar-refractivity contribution in [2.24, 2.45) is 5.92 Å². The predicted molar refractivity (Wildman–Crippen MR) is 81.7 cm³/mol. The number of imidazole rings is 1. The van der Waals surface area contributed by atoms with Gasteiger partial charge in [-0.1, -0.05) is 19.8 Å². The Kier molecular flexibility index (Phi) is 3.29. The number of aromatic nitrogens is 2. The molecule has 0 unspecified atom stereocenters. The van der Waals surface area contributed by atoms with E-state index in [0.717, 1.165) is 28.3 Å². The second-order valence-electron chi connectivity index (χ2n) is 5.87. The SMILES string of the molecule is Cc1cc(Br)c2[nH]c(=O)n([C@H]3CCC[C@H](C)C3)c2c1. The van der Waals surface area contributed by atoms with Gasteiger partial charge in [0, 0.05) is 10.5 Å². The van der Waals surface area contributed by atoms with Crippen LogP contribution < -0.4 is 5.69 Å². The zero-order chi connectivity index (χ0) is 13.6. The maximum atomic E-state index is 12.3. The van der Waals surface area contributed by atoms with Gasteiger partial charge < -0.3 is 4.98 Å². The van der Waals surface area contributed by atoms with Crippen LogP contribution >= 0.6 is 15.9 Å². The molecule has 1 heterocycles. The molecule has 1 aliphatic carbocycles. The Morgan fingerprint density at radius 2 is 2.16 bits per heavy atom. The van der Waals surface area contributed by atoms with Gasteiger partial charge in [0.2, 0.25) is 0 Å². The van der Waals surface area contributed by atoms with Crippen LogP contribution in [-0.4, -0.2) is 9.55 Å². The molecule has 1 aliphatic rings. The number of rotatable bonds is 1. The lowest BCUT2D eigenvalue weighted by molar-refractivity contribution is 0.283. The molecule has 3 rings (SSSR count). The van der Waals surface area contributed by atoms with E-state index < -0.39 is 0 Å². The van der Waals surface area contributed by atoms with Crippen molar-refractivity contribution in [3.05, 3.63) is 32.7 Å². The van der Waals surface area contributed by atoms with E-state index >= 15 is 0 Å². The number of halogens is 1. The zero-order valence-corrected chi connectivity index (χ0v) is 13.0. The van der Waals surface area contributed by atoms with E-state index in [4.69, 9.17) is 0 Å². The normalized spacial score (nSPS) is 23.9. The molecule has 1 fully saturated rings. The maximum Gasteiger partial charge on any atom is 0.326 e. The molecule has 0 saturated heterocycles. The number of nitrogens with one attached hydrogen (secondary N) is 1. The van der Waals surface area contributed by atoms with Crippen LogP contribution in [0.2, 0.25) is 0 Å². The highest BCUT2D eigenvalue weighted by Gasteiger charge is 2.24. The molecular formula is C15H19BrN2O. The van der Waals surface area contributed by atoms with E-state index in [2.05, 4.69) is 40.8 Å². The molecule has 3 nitrogen and oxygen atoms in total. The Labute approximate surface area is 121 Å². The molecule has 19 heavy (non-hydrogen) atoms. The van der Waals surface area contributed by atoms with Gasteiger partial charge >= 0.3 is 5.69 Å². The Morgan fingerprint density at radius 3 is 2.89 bits per heavy atom. The first-order chi connectivity index (χ1) is 9.06. The van der Waals surface area contributed by atoms with Gasteiger partial charge in [0.1, 0.15) is 0 Å². The van der Waals surface area contributed by atoms with Gasteiger partial charge in [-0.3, -0.25) is 4.57 Å². The van der Waals surface area contributed by atoms with Crippen molar-refractivity contribution in [3.63, 3.8) is 0 Å². The number of aryl methyl sites for hydroxylation is 1. The van der Waals surface area contributed by atoms with Gasteiger partial charge in [-0.15, -0.1) is 0 Å². The minimum Gasteiger partial charge on any atom is -0.305 e. The fraction of sp³-hybridized carbons (Fsp3) is 0.533. The van der Waals surface area contributed by atoms with Gasteiger partial charge in [-0.05, 0) is 59.3 Å². The Balaban J connectivity index is 2.17. The molecule has 1 N–H and O–H groups in total. The predicted octanol–water partition coefficient (Wildman–Crippen LogP) is 4.15. The largest absolute Gasteiger partial charge is 0.326 e. The Morgan fingerprint density at radius 1 is 1.37 bits per heavy atom. The van der Waals surface area contributed by atoms with E-state index in [1.54, 1.807) is 0 Å². The van der Waals surface area contributed by atoms with Gasteiger partial charge in [0.05, 0.1) is 11.0 Å². The van der Waals surface area contributed by atoms with Gasteiger partial charge in [0.15, 0.2) is 0 Å². The molecule has 0 radical (unpaired) electrons. The summed E-state index contributed by atoms with van der Waals surface area (Å²) in [6.45, 7) is 4.35. The van der Waals surface area contributed by atoms with Crippen LogP contribution in [0.1, 0.15) is 44.2 Å². The highest BCUT2D eigenvalue weighted by molar-refractivity contribution is 9.10. The fourth-order valence-electron chi connectivity index (χ4n) is 3.31. The standard InChI is InChI=1S/C15H19BrN2O/c1-9-4-3-5-11(6-9)18-13-8-10(2)7-12(16)14(13)17-15(18)19/h7-9,11H,3-6H2,1-2H3,(H,17,19)/t9-,11-/m0/s1. The van der Waals surface area contributed by atoms with Crippen molar-refractivity contribution in [1.82, 2.24) is 9.55 Å². The number of nitrogens with zero attached hydrogens (tertiary/aromatic N) is 1. The van der Waals surface area contributed by atoms with Crippen LogP contribution in [0.4, 0.5) is 0 Å². The van der Waals surface area contributed by atoms with Crippen LogP contribution in [0.15, 0.2) is 21.4 Å². The zero-order valence-electron chi connectivity index (χ0n) is 11.4. The van der Waals surface area contributed by atoms with E-state index in [0.29, 0.717) is 12.0 Å². The van der Waals surface area contributed by atoms with E-state index in [-0.39, 0.29) is 5.69 Å². The summed E-state index contributed by atoms with van der Waals surface area (Å²) in [6, 6.07) is 4.50. The summed E-state index contributed by atoms with van der Waals surface area (Å²) < 4.78 is 2.95. The first kappa shape index (κ1) is 13.0. The average Bonchev–Trinajstić information content (AvgIpc) is 2.66. The molecule has 1 aromatic heterocycles. The minimum absolute atomic E-state index is 0.0281. The molecule has 0 spiro atoms. The number of aromatic amines is 1. The van der Waals surface area contributed by atoms with E-state index in [9.17, 15) is 4.79 Å². The van der Waals surface area contributed by atoms with Crippen molar-refractivity contribution < 1.29 is 0 Å². The molecule has 0 bridgehead atoms. The monoisotopic (exact) mass is 322 g/mol. The minimum atomic E-state index is 0.0281. The summed E-state index contributed by atoms with van der Waals surface area (Å²) in [4.78, 5) is 15.3. The quantitative estimate of drug-likeness (QED) is 0.841. The first-order valence-electron chi connectivity index (χ1n) is 6.96. The molecule has 2 atom stereocenters. The number of hydrogen-bond acceptors (Lipinski definition) is 1. The van der Waals surface area contributed by atoms with Crippen molar-refractivity contribution in [2.45, 2.75) is 45.6 Å². The lowest BCUT2D eigenvalue weighted by Gasteiger charge is -2.27. The summed E-state index contributed by atoms with van der Waals surface area (Å²) >= 11 is 3.55.